The first-order valence-electron chi connectivity index (χ1n) is 7.51. The van der Waals surface area contributed by atoms with E-state index in [0.29, 0.717) is 16.8 Å². The third-order valence-corrected chi connectivity index (χ3v) is 5.31. The number of rotatable bonds is 6. The molecular formula is C18H20N2O3S. The molecule has 0 aromatic heterocycles. The van der Waals surface area contributed by atoms with Crippen molar-refractivity contribution < 1.29 is 13.8 Å². The fraction of sp³-hybridized carbons (Fsp3) is 0.222. The summed E-state index contributed by atoms with van der Waals surface area (Å²) in [5, 5.41) is 2.12. The molecule has 0 radical (unpaired) electrons. The second-order valence-electron chi connectivity index (χ2n) is 5.54. The molecule has 0 aliphatic heterocycles. The van der Waals surface area contributed by atoms with Crippen LogP contribution in [0.1, 0.15) is 28.4 Å². The predicted octanol–water partition coefficient (Wildman–Crippen LogP) is 2.37. The lowest BCUT2D eigenvalue weighted by molar-refractivity contribution is -0.115. The maximum absolute atomic E-state index is 12.4. The summed E-state index contributed by atoms with van der Waals surface area (Å²) in [6.45, 7) is 3.52. The van der Waals surface area contributed by atoms with Crippen LogP contribution in [0.4, 0.5) is 5.69 Å². The Morgan fingerprint density at radius 1 is 1.17 bits per heavy atom. The average Bonchev–Trinajstić information content (AvgIpc) is 2.56. The second-order valence-corrected chi connectivity index (χ2v) is 7.29. The van der Waals surface area contributed by atoms with E-state index in [1.54, 1.807) is 37.3 Å². The summed E-state index contributed by atoms with van der Waals surface area (Å²) in [5.74, 6) is -0.648. The number of nitrogens with one attached hydrogen (secondary N) is 1. The Balaban J connectivity index is 2.04. The van der Waals surface area contributed by atoms with Gasteiger partial charge in [-0.3, -0.25) is 13.8 Å². The van der Waals surface area contributed by atoms with Crippen LogP contribution < -0.4 is 11.1 Å². The quantitative estimate of drug-likeness (QED) is 0.843. The predicted molar refractivity (Wildman–Crippen MR) is 96.1 cm³/mol. The zero-order valence-corrected chi connectivity index (χ0v) is 14.4. The van der Waals surface area contributed by atoms with Gasteiger partial charge in [0, 0.05) is 27.8 Å². The van der Waals surface area contributed by atoms with Gasteiger partial charge in [-0.25, -0.2) is 0 Å². The Bertz CT molecular complexity index is 789. The van der Waals surface area contributed by atoms with E-state index < -0.39 is 22.0 Å². The molecular weight excluding hydrogens is 324 g/mol. The van der Waals surface area contributed by atoms with Crippen molar-refractivity contribution in [2.75, 3.05) is 5.32 Å². The van der Waals surface area contributed by atoms with Crippen LogP contribution >= 0.6 is 0 Å². The first-order valence-corrected chi connectivity index (χ1v) is 8.89. The van der Waals surface area contributed by atoms with E-state index in [1.165, 1.54) is 0 Å². The van der Waals surface area contributed by atoms with Crippen LogP contribution in [0.3, 0.4) is 0 Å². The normalized spacial score (nSPS) is 13.1. The van der Waals surface area contributed by atoms with Crippen LogP contribution in [0.15, 0.2) is 48.5 Å². The number of amides is 2. The summed E-state index contributed by atoms with van der Waals surface area (Å²) in [4.78, 5) is 23.5. The van der Waals surface area contributed by atoms with Crippen molar-refractivity contribution in [2.45, 2.75) is 24.9 Å². The fourth-order valence-corrected chi connectivity index (χ4v) is 3.23. The van der Waals surface area contributed by atoms with E-state index in [0.717, 1.165) is 5.56 Å². The number of carbonyl (C=O) groups excluding carboxylic acids is 2. The number of hydrogen-bond donors (Lipinski definition) is 2. The molecule has 6 heteroatoms. The van der Waals surface area contributed by atoms with Crippen LogP contribution in [0, 0.1) is 6.92 Å². The monoisotopic (exact) mass is 344 g/mol. The minimum atomic E-state index is -1.41. The standard InChI is InChI=1S/C18H20N2O3S/c1-12-6-3-4-9-16(12)20-18(22)13(2)24(23)11-14-7-5-8-15(10-14)17(19)21/h3-10,13H,11H2,1-2H3,(H2,19,21)(H,20,22)/t13-,24-/m0/s1. The van der Waals surface area contributed by atoms with E-state index in [1.807, 2.05) is 25.1 Å². The lowest BCUT2D eigenvalue weighted by Crippen LogP contribution is -2.30. The molecule has 0 saturated carbocycles. The van der Waals surface area contributed by atoms with Gasteiger partial charge in [0.1, 0.15) is 5.25 Å². The Hall–Kier alpha value is -2.47. The summed E-state index contributed by atoms with van der Waals surface area (Å²) >= 11 is 0. The zero-order valence-electron chi connectivity index (χ0n) is 13.6. The van der Waals surface area contributed by atoms with Gasteiger partial charge >= 0.3 is 0 Å². The molecule has 24 heavy (non-hydrogen) atoms. The maximum Gasteiger partial charge on any atom is 0.248 e. The van der Waals surface area contributed by atoms with Crippen LogP contribution in [0.25, 0.3) is 0 Å². The molecule has 0 fully saturated rings. The molecule has 0 heterocycles. The minimum absolute atomic E-state index is 0.184. The van der Waals surface area contributed by atoms with Crippen molar-refractivity contribution in [3.8, 4) is 0 Å². The highest BCUT2D eigenvalue weighted by atomic mass is 32.2. The Morgan fingerprint density at radius 3 is 2.54 bits per heavy atom. The zero-order chi connectivity index (χ0) is 17.7. The van der Waals surface area contributed by atoms with Gasteiger partial charge in [0.25, 0.3) is 0 Å². The number of nitrogens with two attached hydrogens (primary N) is 1. The maximum atomic E-state index is 12.4. The van der Waals surface area contributed by atoms with E-state index in [-0.39, 0.29) is 11.7 Å². The van der Waals surface area contributed by atoms with Crippen LogP contribution in [0.5, 0.6) is 0 Å². The molecule has 0 aliphatic carbocycles. The number of anilines is 1. The smallest absolute Gasteiger partial charge is 0.248 e. The van der Waals surface area contributed by atoms with Crippen LogP contribution in [-0.2, 0) is 21.3 Å². The molecule has 0 bridgehead atoms. The van der Waals surface area contributed by atoms with Gasteiger partial charge in [0.2, 0.25) is 11.8 Å². The minimum Gasteiger partial charge on any atom is -0.366 e. The molecule has 0 aliphatic rings. The summed E-state index contributed by atoms with van der Waals surface area (Å²) in [5.41, 5.74) is 7.97. The van der Waals surface area contributed by atoms with Gasteiger partial charge in [-0.1, -0.05) is 30.3 Å². The van der Waals surface area contributed by atoms with Gasteiger partial charge in [-0.05, 0) is 43.2 Å². The van der Waals surface area contributed by atoms with Crippen LogP contribution in [0.2, 0.25) is 0 Å². The van der Waals surface area contributed by atoms with Gasteiger partial charge in [-0.15, -0.1) is 0 Å². The Kier molecular flexibility index (Phi) is 5.87. The van der Waals surface area contributed by atoms with Crippen molar-refractivity contribution in [1.29, 1.82) is 0 Å². The number of benzene rings is 2. The molecule has 2 atom stereocenters. The Labute approximate surface area is 143 Å². The SMILES string of the molecule is Cc1ccccc1NC(=O)[C@H](C)[S@@](=O)Cc1cccc(C(N)=O)c1. The molecule has 3 N–H and O–H groups in total. The topological polar surface area (TPSA) is 89.3 Å². The van der Waals surface area contributed by atoms with Crippen molar-refractivity contribution >= 4 is 28.3 Å². The van der Waals surface area contributed by atoms with Gasteiger partial charge in [0.15, 0.2) is 0 Å². The molecule has 2 aromatic rings. The number of carbonyl (C=O) groups is 2. The van der Waals surface area contributed by atoms with Gasteiger partial charge in [-0.2, -0.15) is 0 Å². The molecule has 0 saturated heterocycles. The van der Waals surface area contributed by atoms with E-state index in [4.69, 9.17) is 5.73 Å². The summed E-state index contributed by atoms with van der Waals surface area (Å²) < 4.78 is 12.4. The first-order chi connectivity index (χ1) is 11.4. The van der Waals surface area contributed by atoms with Crippen LogP contribution in [-0.4, -0.2) is 21.3 Å². The number of aryl methyl sites for hydroxylation is 1. The van der Waals surface area contributed by atoms with Crippen molar-refractivity contribution in [3.63, 3.8) is 0 Å². The molecule has 2 rings (SSSR count). The fourth-order valence-electron chi connectivity index (χ4n) is 2.17. The largest absolute Gasteiger partial charge is 0.366 e. The Morgan fingerprint density at radius 2 is 1.88 bits per heavy atom. The molecule has 126 valence electrons. The summed E-state index contributed by atoms with van der Waals surface area (Å²) in [6.07, 6.45) is 0. The molecule has 2 aromatic carbocycles. The molecule has 0 unspecified atom stereocenters. The highest BCUT2D eigenvalue weighted by molar-refractivity contribution is 7.85. The lowest BCUT2D eigenvalue weighted by atomic mass is 10.1. The number of hydrogen-bond acceptors (Lipinski definition) is 3. The number of para-hydroxylation sites is 1. The van der Waals surface area contributed by atoms with E-state index in [2.05, 4.69) is 5.32 Å². The molecule has 5 nitrogen and oxygen atoms in total. The first kappa shape index (κ1) is 17.9. The van der Waals surface area contributed by atoms with Crippen molar-refractivity contribution in [3.05, 3.63) is 65.2 Å². The lowest BCUT2D eigenvalue weighted by Gasteiger charge is -2.14. The highest BCUT2D eigenvalue weighted by Gasteiger charge is 2.21. The number of primary amides is 1. The third kappa shape index (κ3) is 4.52. The molecule has 2 amide bonds. The summed E-state index contributed by atoms with van der Waals surface area (Å²) in [6, 6.07) is 14.1. The van der Waals surface area contributed by atoms with Gasteiger partial charge < -0.3 is 11.1 Å². The summed E-state index contributed by atoms with van der Waals surface area (Å²) in [7, 11) is -1.41. The van der Waals surface area contributed by atoms with Gasteiger partial charge in [0.05, 0.1) is 0 Å². The average molecular weight is 344 g/mol. The van der Waals surface area contributed by atoms with Crippen molar-refractivity contribution in [2.24, 2.45) is 5.73 Å². The van der Waals surface area contributed by atoms with E-state index >= 15 is 0 Å². The highest BCUT2D eigenvalue weighted by Crippen LogP contribution is 2.15. The van der Waals surface area contributed by atoms with Crippen molar-refractivity contribution in [1.82, 2.24) is 0 Å². The second kappa shape index (κ2) is 7.88. The third-order valence-electron chi connectivity index (χ3n) is 3.69. The van der Waals surface area contributed by atoms with E-state index in [9.17, 15) is 13.8 Å². The molecule has 0 spiro atoms.